The predicted molar refractivity (Wildman–Crippen MR) is 80.2 cm³/mol. The Morgan fingerprint density at radius 1 is 1.30 bits per heavy atom. The lowest BCUT2D eigenvalue weighted by Crippen LogP contribution is -2.47. The molecule has 1 fully saturated rings. The first kappa shape index (κ1) is 17.7. The Balaban J connectivity index is 2.15. The minimum Gasteiger partial charge on any atom is -0.469 e. The zero-order valence-electron chi connectivity index (χ0n) is 12.4. The molecule has 1 amide bonds. The summed E-state index contributed by atoms with van der Waals surface area (Å²) in [7, 11) is 1.28. The second-order valence-electron chi connectivity index (χ2n) is 5.08. The summed E-state index contributed by atoms with van der Waals surface area (Å²) in [4.78, 5) is 25.5. The van der Waals surface area contributed by atoms with Crippen LogP contribution < -0.4 is 0 Å². The summed E-state index contributed by atoms with van der Waals surface area (Å²) < 4.78 is 42.3. The molecule has 0 aromatic heterocycles. The van der Waals surface area contributed by atoms with Crippen LogP contribution in [0.4, 0.5) is 13.2 Å². The maximum absolute atomic E-state index is 12.6. The molecular weight excluding hydrogens is 331 g/mol. The number of amides is 1. The van der Waals surface area contributed by atoms with Gasteiger partial charge >= 0.3 is 12.1 Å². The molecule has 1 aromatic carbocycles. The molecule has 1 heterocycles. The van der Waals surface area contributed by atoms with Crippen LogP contribution in [0.25, 0.3) is 0 Å². The molecule has 23 heavy (non-hydrogen) atoms. The van der Waals surface area contributed by atoms with E-state index in [1.54, 1.807) is 11.8 Å². The fraction of sp³-hybridized carbons (Fsp3) is 0.467. The topological polar surface area (TPSA) is 46.6 Å². The summed E-state index contributed by atoms with van der Waals surface area (Å²) in [5, 5.41) is 0. The Hall–Kier alpha value is -1.70. The molecule has 1 aromatic rings. The molecule has 0 N–H and O–H groups in total. The maximum Gasteiger partial charge on any atom is 0.416 e. The van der Waals surface area contributed by atoms with Crippen molar-refractivity contribution in [3.05, 3.63) is 35.4 Å². The van der Waals surface area contributed by atoms with Gasteiger partial charge in [-0.15, -0.1) is 0 Å². The van der Waals surface area contributed by atoms with Crippen molar-refractivity contribution in [2.24, 2.45) is 0 Å². The van der Waals surface area contributed by atoms with Gasteiger partial charge in [-0.2, -0.15) is 24.9 Å². The smallest absolute Gasteiger partial charge is 0.416 e. The number of alkyl halides is 3. The summed E-state index contributed by atoms with van der Waals surface area (Å²) >= 11 is 1.63. The molecule has 0 bridgehead atoms. The lowest BCUT2D eigenvalue weighted by atomic mass is 10.1. The predicted octanol–water partition coefficient (Wildman–Crippen LogP) is 2.83. The van der Waals surface area contributed by atoms with Crippen molar-refractivity contribution in [3.63, 3.8) is 0 Å². The van der Waals surface area contributed by atoms with E-state index in [0.29, 0.717) is 12.3 Å². The third-order valence-electron chi connectivity index (χ3n) is 3.58. The Labute approximate surface area is 136 Å². The van der Waals surface area contributed by atoms with Gasteiger partial charge in [-0.25, -0.2) is 0 Å². The molecule has 2 rings (SSSR count). The second kappa shape index (κ2) is 7.25. The number of hydrogen-bond acceptors (Lipinski definition) is 4. The molecule has 4 nitrogen and oxygen atoms in total. The number of benzene rings is 1. The highest BCUT2D eigenvalue weighted by Crippen LogP contribution is 2.29. The normalized spacial score (nSPS) is 18.6. The molecule has 1 aliphatic rings. The molecule has 1 saturated heterocycles. The first-order chi connectivity index (χ1) is 10.8. The summed E-state index contributed by atoms with van der Waals surface area (Å²) in [6.07, 6.45) is -4.35. The van der Waals surface area contributed by atoms with Gasteiger partial charge in [0.05, 0.1) is 25.1 Å². The van der Waals surface area contributed by atoms with Gasteiger partial charge in [0.1, 0.15) is 0 Å². The minimum absolute atomic E-state index is 0.0792. The van der Waals surface area contributed by atoms with E-state index in [2.05, 4.69) is 4.74 Å². The molecule has 0 saturated carbocycles. The number of nitrogens with zero attached hydrogens (tertiary/aromatic N) is 1. The van der Waals surface area contributed by atoms with Gasteiger partial charge in [0.25, 0.3) is 5.91 Å². The van der Waals surface area contributed by atoms with E-state index in [0.717, 1.165) is 17.9 Å². The number of halogens is 3. The van der Waals surface area contributed by atoms with E-state index in [4.69, 9.17) is 0 Å². The zero-order valence-corrected chi connectivity index (χ0v) is 13.2. The first-order valence-corrected chi connectivity index (χ1v) is 8.11. The SMILES string of the molecule is COC(=O)CC1CSCCN1C(=O)c1ccc(C(F)(F)F)cc1. The molecule has 0 aliphatic carbocycles. The Bertz CT molecular complexity index is 574. The van der Waals surface area contributed by atoms with E-state index in [1.165, 1.54) is 24.1 Å². The molecule has 1 unspecified atom stereocenters. The number of esters is 1. The third-order valence-corrected chi connectivity index (χ3v) is 4.67. The van der Waals surface area contributed by atoms with Crippen LogP contribution in [0.15, 0.2) is 24.3 Å². The lowest BCUT2D eigenvalue weighted by molar-refractivity contribution is -0.141. The van der Waals surface area contributed by atoms with Crippen LogP contribution >= 0.6 is 11.8 Å². The fourth-order valence-electron chi connectivity index (χ4n) is 2.33. The van der Waals surface area contributed by atoms with Crippen LogP contribution in [0.3, 0.4) is 0 Å². The molecule has 0 radical (unpaired) electrons. The van der Waals surface area contributed by atoms with E-state index in [1.807, 2.05) is 0 Å². The van der Waals surface area contributed by atoms with Crippen molar-refractivity contribution in [1.29, 1.82) is 0 Å². The van der Waals surface area contributed by atoms with Crippen LogP contribution in [-0.2, 0) is 15.7 Å². The van der Waals surface area contributed by atoms with Crippen molar-refractivity contribution in [2.75, 3.05) is 25.2 Å². The van der Waals surface area contributed by atoms with Gasteiger partial charge < -0.3 is 9.64 Å². The third kappa shape index (κ3) is 4.40. The number of thioether (sulfide) groups is 1. The van der Waals surface area contributed by atoms with Gasteiger partial charge in [0.15, 0.2) is 0 Å². The Kier molecular flexibility index (Phi) is 5.56. The van der Waals surface area contributed by atoms with Crippen molar-refractivity contribution in [2.45, 2.75) is 18.6 Å². The van der Waals surface area contributed by atoms with Crippen molar-refractivity contribution in [3.8, 4) is 0 Å². The van der Waals surface area contributed by atoms with Gasteiger partial charge in [-0.1, -0.05) is 0 Å². The summed E-state index contributed by atoms with van der Waals surface area (Å²) in [5.74, 6) is 0.543. The number of methoxy groups -OCH3 is 1. The van der Waals surface area contributed by atoms with E-state index >= 15 is 0 Å². The Morgan fingerprint density at radius 3 is 2.52 bits per heavy atom. The average Bonchev–Trinajstić information content (AvgIpc) is 2.54. The van der Waals surface area contributed by atoms with Crippen LogP contribution in [0.5, 0.6) is 0 Å². The number of rotatable bonds is 3. The fourth-order valence-corrected chi connectivity index (χ4v) is 3.40. The van der Waals surface area contributed by atoms with Crippen LogP contribution in [0.1, 0.15) is 22.3 Å². The number of carbonyl (C=O) groups is 2. The quantitative estimate of drug-likeness (QED) is 0.789. The highest BCUT2D eigenvalue weighted by molar-refractivity contribution is 7.99. The van der Waals surface area contributed by atoms with Gasteiger partial charge in [0.2, 0.25) is 0 Å². The highest BCUT2D eigenvalue weighted by Gasteiger charge is 2.32. The standard InChI is InChI=1S/C15H16F3NO3S/c1-22-13(20)8-12-9-23-7-6-19(12)14(21)10-2-4-11(5-3-10)15(16,17)18/h2-5,12H,6-9H2,1H3. The summed E-state index contributed by atoms with van der Waals surface area (Å²) in [6.45, 7) is 0.451. The maximum atomic E-state index is 12.6. The average molecular weight is 347 g/mol. The van der Waals surface area contributed by atoms with Crippen LogP contribution in [-0.4, -0.2) is 48.0 Å². The molecule has 1 aliphatic heterocycles. The Morgan fingerprint density at radius 2 is 1.96 bits per heavy atom. The lowest BCUT2D eigenvalue weighted by Gasteiger charge is -2.35. The zero-order chi connectivity index (χ0) is 17.0. The monoisotopic (exact) mass is 347 g/mol. The van der Waals surface area contributed by atoms with Crippen molar-refractivity contribution >= 4 is 23.6 Å². The first-order valence-electron chi connectivity index (χ1n) is 6.95. The molecular formula is C15H16F3NO3S. The largest absolute Gasteiger partial charge is 0.469 e. The van der Waals surface area contributed by atoms with Gasteiger partial charge in [-0.05, 0) is 24.3 Å². The molecule has 8 heteroatoms. The highest BCUT2D eigenvalue weighted by atomic mass is 32.2. The van der Waals surface area contributed by atoms with E-state index in [-0.39, 0.29) is 23.9 Å². The van der Waals surface area contributed by atoms with Gasteiger partial charge in [0, 0.05) is 23.6 Å². The number of carbonyl (C=O) groups excluding carboxylic acids is 2. The summed E-state index contributed by atoms with van der Waals surface area (Å²) in [6, 6.07) is 3.81. The number of ether oxygens (including phenoxy) is 1. The number of hydrogen-bond donors (Lipinski definition) is 0. The van der Waals surface area contributed by atoms with Crippen molar-refractivity contribution in [1.82, 2.24) is 4.90 Å². The minimum atomic E-state index is -4.43. The molecule has 0 spiro atoms. The van der Waals surface area contributed by atoms with E-state index in [9.17, 15) is 22.8 Å². The van der Waals surface area contributed by atoms with Crippen LogP contribution in [0.2, 0.25) is 0 Å². The molecule has 1 atom stereocenters. The van der Waals surface area contributed by atoms with Crippen LogP contribution in [0, 0.1) is 0 Å². The summed E-state index contributed by atoms with van der Waals surface area (Å²) in [5.41, 5.74) is -0.617. The molecule has 126 valence electrons. The van der Waals surface area contributed by atoms with Gasteiger partial charge in [-0.3, -0.25) is 9.59 Å². The van der Waals surface area contributed by atoms with Crippen molar-refractivity contribution < 1.29 is 27.5 Å². The second-order valence-corrected chi connectivity index (χ2v) is 6.23. The van der Waals surface area contributed by atoms with E-state index < -0.39 is 17.7 Å².